The minimum absolute atomic E-state index is 0.123. The van der Waals surface area contributed by atoms with Crippen LogP contribution in [0.5, 0.6) is 11.5 Å². The number of benzene rings is 2. The van der Waals surface area contributed by atoms with Crippen molar-refractivity contribution in [3.63, 3.8) is 0 Å². The molecule has 2 aromatic carbocycles. The summed E-state index contributed by atoms with van der Waals surface area (Å²) < 4.78 is 0.893. The highest BCUT2D eigenvalue weighted by Crippen LogP contribution is 2.47. The quantitative estimate of drug-likeness (QED) is 0.478. The van der Waals surface area contributed by atoms with Crippen molar-refractivity contribution in [3.8, 4) is 11.5 Å². The second-order valence-electron chi connectivity index (χ2n) is 4.42. The Morgan fingerprint density at radius 2 is 1.24 bits per heavy atom. The van der Waals surface area contributed by atoms with Gasteiger partial charge < -0.3 is 10.2 Å². The highest BCUT2D eigenvalue weighted by atomic mass is 79.9. The van der Waals surface area contributed by atoms with Crippen molar-refractivity contribution in [1.29, 1.82) is 0 Å². The number of carbonyl (C=O) groups is 2. The average Bonchev–Trinajstić information content (AvgIpc) is 2.46. The Hall–Kier alpha value is -1.18. The number of aromatic hydroxyl groups is 2. The number of phenols is 2. The fourth-order valence-electron chi connectivity index (χ4n) is 2.28. The number of carbonyl (C=O) groups excluding carboxylic acids is 2. The summed E-state index contributed by atoms with van der Waals surface area (Å²) in [5.41, 5.74) is -0.00834. The Morgan fingerprint density at radius 3 is 1.76 bits per heavy atom. The molecule has 0 saturated carbocycles. The molecule has 2 aromatic rings. The van der Waals surface area contributed by atoms with Crippen LogP contribution in [0.1, 0.15) is 31.8 Å². The zero-order valence-corrected chi connectivity index (χ0v) is 14.8. The van der Waals surface area contributed by atoms with E-state index in [1.165, 1.54) is 12.1 Å². The number of ketones is 2. The first-order chi connectivity index (χ1) is 9.84. The SMILES string of the molecule is O=C1c2ccc(Br)cc2C(=O)c2c(O)c(Br)c(Br)c(O)c21. The third-order valence-electron chi connectivity index (χ3n) is 3.26. The normalized spacial score (nSPS) is 13.1. The minimum atomic E-state index is -0.512. The lowest BCUT2D eigenvalue weighted by Crippen LogP contribution is -2.21. The van der Waals surface area contributed by atoms with Crippen LogP contribution >= 0.6 is 47.8 Å². The van der Waals surface area contributed by atoms with Gasteiger partial charge in [-0.2, -0.15) is 0 Å². The molecule has 0 aliphatic heterocycles. The van der Waals surface area contributed by atoms with Gasteiger partial charge in [0.05, 0.1) is 20.1 Å². The lowest BCUT2D eigenvalue weighted by Gasteiger charge is -2.21. The molecule has 0 aromatic heterocycles. The van der Waals surface area contributed by atoms with Gasteiger partial charge in [0.2, 0.25) is 0 Å². The van der Waals surface area contributed by atoms with Crippen LogP contribution in [0.3, 0.4) is 0 Å². The lowest BCUT2D eigenvalue weighted by atomic mass is 9.83. The molecule has 0 spiro atoms. The summed E-state index contributed by atoms with van der Waals surface area (Å²) in [6.45, 7) is 0. The average molecular weight is 477 g/mol. The molecule has 0 atom stereocenters. The summed E-state index contributed by atoms with van der Waals surface area (Å²) in [4.78, 5) is 25.1. The van der Waals surface area contributed by atoms with Gasteiger partial charge in [0.1, 0.15) is 11.5 Å². The van der Waals surface area contributed by atoms with E-state index in [2.05, 4.69) is 47.8 Å². The number of halogens is 3. The minimum Gasteiger partial charge on any atom is -0.506 e. The van der Waals surface area contributed by atoms with Gasteiger partial charge in [0.15, 0.2) is 11.6 Å². The van der Waals surface area contributed by atoms with E-state index in [1.807, 2.05) is 0 Å². The second kappa shape index (κ2) is 4.93. The topological polar surface area (TPSA) is 74.6 Å². The summed E-state index contributed by atoms with van der Waals surface area (Å²) in [5.74, 6) is -1.77. The molecule has 2 N–H and O–H groups in total. The van der Waals surface area contributed by atoms with Crippen LogP contribution in [0.4, 0.5) is 0 Å². The van der Waals surface area contributed by atoms with Crippen molar-refractivity contribution >= 4 is 59.4 Å². The Labute approximate surface area is 144 Å². The van der Waals surface area contributed by atoms with E-state index < -0.39 is 11.6 Å². The molecule has 4 nitrogen and oxygen atoms in total. The van der Waals surface area contributed by atoms with E-state index in [0.29, 0.717) is 4.47 Å². The molecule has 0 fully saturated rings. The van der Waals surface area contributed by atoms with E-state index in [0.717, 1.165) is 0 Å². The summed E-state index contributed by atoms with van der Waals surface area (Å²) in [7, 11) is 0. The molecular weight excluding hydrogens is 472 g/mol. The van der Waals surface area contributed by atoms with Crippen LogP contribution in [0.2, 0.25) is 0 Å². The van der Waals surface area contributed by atoms with E-state index in [1.54, 1.807) is 6.07 Å². The first-order valence-electron chi connectivity index (χ1n) is 5.66. The second-order valence-corrected chi connectivity index (χ2v) is 6.93. The molecule has 0 radical (unpaired) electrons. The van der Waals surface area contributed by atoms with Gasteiger partial charge in [-0.05, 0) is 50.1 Å². The van der Waals surface area contributed by atoms with Crippen LogP contribution in [0, 0.1) is 0 Å². The maximum Gasteiger partial charge on any atom is 0.198 e. The molecule has 0 unspecified atom stereocenters. The van der Waals surface area contributed by atoms with Crippen LogP contribution in [-0.2, 0) is 0 Å². The van der Waals surface area contributed by atoms with Crippen molar-refractivity contribution in [3.05, 3.63) is 53.9 Å². The fraction of sp³-hybridized carbons (Fsp3) is 0. The monoisotopic (exact) mass is 474 g/mol. The zero-order chi connectivity index (χ0) is 15.5. The zero-order valence-electron chi connectivity index (χ0n) is 10.1. The van der Waals surface area contributed by atoms with E-state index in [9.17, 15) is 19.8 Å². The number of hydrogen-bond acceptors (Lipinski definition) is 4. The van der Waals surface area contributed by atoms with Gasteiger partial charge in [0.25, 0.3) is 0 Å². The summed E-state index contributed by atoms with van der Waals surface area (Å²) in [6.07, 6.45) is 0. The van der Waals surface area contributed by atoms with Gasteiger partial charge in [0, 0.05) is 15.6 Å². The molecule has 7 heteroatoms. The standard InChI is InChI=1S/C14H5Br3O4/c15-4-1-2-5-6(3-4)12(19)8-7(11(5)18)13(20)9(16)10(17)14(8)21/h1-3,20-21H. The van der Waals surface area contributed by atoms with Gasteiger partial charge in [-0.1, -0.05) is 15.9 Å². The van der Waals surface area contributed by atoms with E-state index in [-0.39, 0.29) is 42.7 Å². The van der Waals surface area contributed by atoms with Crippen molar-refractivity contribution in [2.75, 3.05) is 0 Å². The number of hydrogen-bond donors (Lipinski definition) is 2. The fourth-order valence-corrected chi connectivity index (χ4v) is 3.41. The molecule has 21 heavy (non-hydrogen) atoms. The third kappa shape index (κ3) is 1.98. The van der Waals surface area contributed by atoms with Gasteiger partial charge in [-0.15, -0.1) is 0 Å². The van der Waals surface area contributed by atoms with Crippen LogP contribution < -0.4 is 0 Å². The van der Waals surface area contributed by atoms with Crippen LogP contribution in [0.25, 0.3) is 0 Å². The summed E-state index contributed by atoms with van der Waals surface area (Å²) >= 11 is 9.41. The molecule has 3 rings (SSSR count). The van der Waals surface area contributed by atoms with Crippen molar-refractivity contribution in [1.82, 2.24) is 0 Å². The number of rotatable bonds is 0. The first kappa shape index (κ1) is 14.7. The van der Waals surface area contributed by atoms with E-state index >= 15 is 0 Å². The number of phenolic OH excluding ortho intramolecular Hbond substituents is 2. The molecule has 0 saturated heterocycles. The maximum atomic E-state index is 12.6. The Morgan fingerprint density at radius 1 is 0.762 bits per heavy atom. The molecule has 0 heterocycles. The van der Waals surface area contributed by atoms with Crippen molar-refractivity contribution < 1.29 is 19.8 Å². The predicted octanol–water partition coefficient (Wildman–Crippen LogP) is 4.16. The smallest absolute Gasteiger partial charge is 0.198 e. The van der Waals surface area contributed by atoms with E-state index in [4.69, 9.17) is 0 Å². The predicted molar refractivity (Wildman–Crippen MR) is 86.2 cm³/mol. The Bertz CT molecular complexity index is 843. The largest absolute Gasteiger partial charge is 0.506 e. The highest BCUT2D eigenvalue weighted by molar-refractivity contribution is 9.13. The molecule has 106 valence electrons. The summed E-state index contributed by atoms with van der Waals surface area (Å²) in [5, 5.41) is 20.3. The molecule has 1 aliphatic carbocycles. The highest BCUT2D eigenvalue weighted by Gasteiger charge is 2.37. The maximum absolute atomic E-state index is 12.6. The molecular formula is C14H5Br3O4. The van der Waals surface area contributed by atoms with Gasteiger partial charge >= 0.3 is 0 Å². The number of fused-ring (bicyclic) bond motifs is 2. The molecule has 1 aliphatic rings. The molecule has 0 amide bonds. The summed E-state index contributed by atoms with van der Waals surface area (Å²) in [6, 6.07) is 4.67. The third-order valence-corrected chi connectivity index (χ3v) is 5.83. The van der Waals surface area contributed by atoms with Crippen LogP contribution in [-0.4, -0.2) is 21.8 Å². The van der Waals surface area contributed by atoms with Gasteiger partial charge in [-0.3, -0.25) is 9.59 Å². The van der Waals surface area contributed by atoms with Crippen molar-refractivity contribution in [2.45, 2.75) is 0 Å². The van der Waals surface area contributed by atoms with Gasteiger partial charge in [-0.25, -0.2) is 0 Å². The molecule has 0 bridgehead atoms. The van der Waals surface area contributed by atoms with Crippen molar-refractivity contribution in [2.24, 2.45) is 0 Å². The lowest BCUT2D eigenvalue weighted by molar-refractivity contribution is 0.0974. The Balaban J connectivity index is 2.44. The van der Waals surface area contributed by atoms with Crippen LogP contribution in [0.15, 0.2) is 31.6 Å². The first-order valence-corrected chi connectivity index (χ1v) is 8.04. The Kier molecular flexibility index (Phi) is 3.46.